The highest BCUT2D eigenvalue weighted by Gasteiger charge is 2.34. The molecule has 184 valence electrons. The zero-order chi connectivity index (χ0) is 24.4. The van der Waals surface area contributed by atoms with E-state index in [1.165, 1.54) is 10.6 Å². The second kappa shape index (κ2) is 10.0. The highest BCUT2D eigenvalue weighted by atomic mass is 16.5. The van der Waals surface area contributed by atoms with Crippen molar-refractivity contribution in [1.82, 2.24) is 19.8 Å². The molecule has 2 aromatic heterocycles. The summed E-state index contributed by atoms with van der Waals surface area (Å²) in [5, 5.41) is 16.6. The van der Waals surface area contributed by atoms with E-state index in [1.807, 2.05) is 18.7 Å². The highest BCUT2D eigenvalue weighted by Crippen LogP contribution is 2.21. The summed E-state index contributed by atoms with van der Waals surface area (Å²) in [4.78, 5) is 40.4. The molecule has 1 aliphatic carbocycles. The first-order valence-corrected chi connectivity index (χ1v) is 12.0. The van der Waals surface area contributed by atoms with E-state index in [0.717, 1.165) is 25.7 Å². The monoisotopic (exact) mass is 472 g/mol. The molecule has 2 aliphatic rings. The number of carbonyl (C=O) groups excluding carboxylic acids is 2. The van der Waals surface area contributed by atoms with E-state index in [1.54, 1.807) is 23.9 Å². The number of carbonyl (C=O) groups is 2. The number of fused-ring (bicyclic) bond motifs is 1. The minimum Gasteiger partial charge on any atom is -0.477 e. The van der Waals surface area contributed by atoms with Gasteiger partial charge in [0.25, 0.3) is 5.91 Å². The molecule has 0 bridgehead atoms. The minimum atomic E-state index is -0.628. The molecule has 1 saturated heterocycles. The van der Waals surface area contributed by atoms with Gasteiger partial charge in [-0.15, -0.1) is 0 Å². The molecule has 34 heavy (non-hydrogen) atoms. The lowest BCUT2D eigenvalue weighted by molar-refractivity contribution is -0.686. The number of nitrogens with one attached hydrogen (secondary N) is 2. The number of amides is 2. The molecular weight excluding hydrogens is 438 g/mol. The molecule has 2 amide bonds. The maximum Gasteiger partial charge on any atom is 0.378 e. The van der Waals surface area contributed by atoms with Gasteiger partial charge < -0.3 is 20.1 Å². The van der Waals surface area contributed by atoms with Gasteiger partial charge in [-0.3, -0.25) is 9.59 Å². The SMILES string of the molecule is COCC1CCN(C(=O)/C=C/c2c[nH]n3c(=O)c(C(=O)NC4CC4)c(O)[n+](CC(C)C)c23)CC1. The van der Waals surface area contributed by atoms with E-state index >= 15 is 0 Å². The zero-order valence-corrected chi connectivity index (χ0v) is 20.0. The minimum absolute atomic E-state index is 0.0539. The standard InChI is InChI=1S/C24H33N5O5/c1-15(2)13-28-22-17(4-7-19(30)27-10-8-16(9-11-27)14-34-3)12-25-29(22)24(33)20(23(28)32)21(31)26-18-5-6-18/h4,7,12,15-16,18H,5-6,8-11,13-14H2,1-3H3,(H2,26,31,32,33)/p+1/b7-4+. The third kappa shape index (κ3) is 5.01. The Labute approximate surface area is 198 Å². The molecule has 1 saturated carbocycles. The summed E-state index contributed by atoms with van der Waals surface area (Å²) in [5.41, 5.74) is 0.0705. The fourth-order valence-electron chi connectivity index (χ4n) is 4.43. The first-order valence-electron chi connectivity index (χ1n) is 12.0. The number of methoxy groups -OCH3 is 1. The molecule has 0 unspecified atom stereocenters. The summed E-state index contributed by atoms with van der Waals surface area (Å²) in [5.74, 6) is -0.424. The zero-order valence-electron chi connectivity index (χ0n) is 20.0. The quantitative estimate of drug-likeness (QED) is 0.392. The van der Waals surface area contributed by atoms with Crippen LogP contribution >= 0.6 is 0 Å². The Balaban J connectivity index is 1.64. The Morgan fingerprint density at radius 3 is 2.62 bits per heavy atom. The van der Waals surface area contributed by atoms with Crippen LogP contribution in [0.4, 0.5) is 0 Å². The molecule has 1 aliphatic heterocycles. The van der Waals surface area contributed by atoms with Crippen molar-refractivity contribution in [2.45, 2.75) is 52.1 Å². The molecular formula is C24H34N5O5+. The number of aromatic amines is 1. The number of nitrogens with zero attached hydrogens (tertiary/aromatic N) is 3. The van der Waals surface area contributed by atoms with Crippen molar-refractivity contribution in [1.29, 1.82) is 0 Å². The molecule has 3 heterocycles. The van der Waals surface area contributed by atoms with Crippen LogP contribution in [0.25, 0.3) is 11.7 Å². The molecule has 0 atom stereocenters. The van der Waals surface area contributed by atoms with Gasteiger partial charge in [-0.2, -0.15) is 4.57 Å². The third-order valence-electron chi connectivity index (χ3n) is 6.39. The topological polar surface area (TPSA) is 120 Å². The van der Waals surface area contributed by atoms with Crippen LogP contribution in [0, 0.1) is 11.8 Å². The van der Waals surface area contributed by atoms with Crippen LogP contribution in [0.5, 0.6) is 5.88 Å². The Morgan fingerprint density at radius 2 is 2.00 bits per heavy atom. The van der Waals surface area contributed by atoms with Crippen LogP contribution in [0.1, 0.15) is 55.5 Å². The Kier molecular flexibility index (Phi) is 7.06. The predicted molar refractivity (Wildman–Crippen MR) is 125 cm³/mol. The predicted octanol–water partition coefficient (Wildman–Crippen LogP) is 1.07. The van der Waals surface area contributed by atoms with E-state index in [4.69, 9.17) is 4.74 Å². The van der Waals surface area contributed by atoms with Crippen molar-refractivity contribution in [3.63, 3.8) is 0 Å². The van der Waals surface area contributed by atoms with Crippen molar-refractivity contribution in [3.8, 4) is 5.88 Å². The number of H-pyrrole nitrogens is 1. The summed E-state index contributed by atoms with van der Waals surface area (Å²) >= 11 is 0. The summed E-state index contributed by atoms with van der Waals surface area (Å²) in [7, 11) is 1.69. The average Bonchev–Trinajstić information content (AvgIpc) is 3.51. The normalized spacial score (nSPS) is 17.2. The summed E-state index contributed by atoms with van der Waals surface area (Å²) in [6, 6.07) is 0.0539. The molecule has 0 spiro atoms. The third-order valence-corrected chi connectivity index (χ3v) is 6.39. The van der Waals surface area contributed by atoms with Crippen molar-refractivity contribution in [2.24, 2.45) is 11.8 Å². The molecule has 10 nitrogen and oxygen atoms in total. The number of aromatic nitrogens is 3. The first kappa shape index (κ1) is 24.0. The lowest BCUT2D eigenvalue weighted by atomic mass is 9.98. The van der Waals surface area contributed by atoms with Gasteiger partial charge in [-0.1, -0.05) is 18.4 Å². The number of aromatic hydroxyl groups is 1. The van der Waals surface area contributed by atoms with Gasteiger partial charge in [0.15, 0.2) is 0 Å². The second-order valence-corrected chi connectivity index (χ2v) is 9.70. The number of ether oxygens (including phenoxy) is 1. The lowest BCUT2D eigenvalue weighted by Gasteiger charge is -2.30. The molecule has 0 aromatic carbocycles. The first-order chi connectivity index (χ1) is 16.3. The van der Waals surface area contributed by atoms with E-state index < -0.39 is 11.5 Å². The number of hydrogen-bond donors (Lipinski definition) is 3. The van der Waals surface area contributed by atoms with Gasteiger partial charge in [0.1, 0.15) is 0 Å². The largest absolute Gasteiger partial charge is 0.477 e. The Bertz CT molecular complexity index is 1150. The number of hydrogen-bond acceptors (Lipinski definition) is 5. The van der Waals surface area contributed by atoms with Crippen molar-refractivity contribution in [3.05, 3.63) is 33.8 Å². The smallest absolute Gasteiger partial charge is 0.378 e. The highest BCUT2D eigenvalue weighted by molar-refractivity contribution is 5.96. The maximum atomic E-state index is 13.1. The number of piperidine rings is 1. The second-order valence-electron chi connectivity index (χ2n) is 9.70. The summed E-state index contributed by atoms with van der Waals surface area (Å²) < 4.78 is 8.04. The van der Waals surface area contributed by atoms with Crippen molar-refractivity contribution in [2.75, 3.05) is 26.8 Å². The fourth-order valence-corrected chi connectivity index (χ4v) is 4.43. The van der Waals surface area contributed by atoms with Crippen LogP contribution in [-0.4, -0.2) is 64.3 Å². The van der Waals surface area contributed by atoms with Crippen molar-refractivity contribution >= 4 is 23.5 Å². The van der Waals surface area contributed by atoms with Gasteiger partial charge in [-0.25, -0.2) is 9.89 Å². The summed E-state index contributed by atoms with van der Waals surface area (Å²) in [6.45, 7) is 6.42. The van der Waals surface area contributed by atoms with Crippen LogP contribution < -0.4 is 15.4 Å². The van der Waals surface area contributed by atoms with Gasteiger partial charge in [0.05, 0.1) is 18.3 Å². The van der Waals surface area contributed by atoms with Crippen LogP contribution in [0.3, 0.4) is 0 Å². The molecule has 4 rings (SSSR count). The van der Waals surface area contributed by atoms with E-state index in [2.05, 4.69) is 10.4 Å². The molecule has 2 aromatic rings. The van der Waals surface area contributed by atoms with Crippen LogP contribution in [-0.2, 0) is 16.1 Å². The average molecular weight is 473 g/mol. The molecule has 0 radical (unpaired) electrons. The molecule has 3 N–H and O–H groups in total. The fraction of sp³-hybridized carbons (Fsp3) is 0.583. The Morgan fingerprint density at radius 1 is 1.29 bits per heavy atom. The molecule has 2 fully saturated rings. The number of likely N-dealkylation sites (tertiary alicyclic amines) is 1. The lowest BCUT2D eigenvalue weighted by Crippen LogP contribution is -2.46. The van der Waals surface area contributed by atoms with Gasteiger partial charge in [-0.05, 0) is 43.6 Å². The van der Waals surface area contributed by atoms with E-state index in [0.29, 0.717) is 43.4 Å². The van der Waals surface area contributed by atoms with E-state index in [-0.39, 0.29) is 29.3 Å². The van der Waals surface area contributed by atoms with Crippen LogP contribution in [0.15, 0.2) is 17.1 Å². The Hall–Kier alpha value is -3.14. The number of rotatable bonds is 8. The van der Waals surface area contributed by atoms with Crippen molar-refractivity contribution < 1.29 is 24.0 Å². The molecule has 10 heteroatoms. The summed E-state index contributed by atoms with van der Waals surface area (Å²) in [6.07, 6.45) is 8.30. The van der Waals surface area contributed by atoms with Gasteiger partial charge in [0.2, 0.25) is 11.5 Å². The van der Waals surface area contributed by atoms with Crippen LogP contribution in [0.2, 0.25) is 0 Å². The van der Waals surface area contributed by atoms with E-state index in [9.17, 15) is 19.5 Å². The van der Waals surface area contributed by atoms with Gasteiger partial charge in [0, 0.05) is 38.9 Å². The van der Waals surface area contributed by atoms with Gasteiger partial charge >= 0.3 is 17.1 Å². The maximum absolute atomic E-state index is 13.1.